The molecule has 37 heavy (non-hydrogen) atoms. The molecule has 0 amide bonds. The molecule has 0 radical (unpaired) electrons. The summed E-state index contributed by atoms with van der Waals surface area (Å²) in [6, 6.07) is 0. The van der Waals surface area contributed by atoms with Crippen LogP contribution >= 0.6 is 0 Å². The maximum absolute atomic E-state index is 13.6. The molecule has 0 aromatic carbocycles. The van der Waals surface area contributed by atoms with Gasteiger partial charge in [-0.3, -0.25) is 0 Å². The Labute approximate surface area is 195 Å². The highest BCUT2D eigenvalue weighted by molar-refractivity contribution is 5.15. The second-order valence-corrected chi connectivity index (χ2v) is 6.96. The fourth-order valence-corrected chi connectivity index (χ4v) is 2.16. The first-order chi connectivity index (χ1) is 16.3. The van der Waals surface area contributed by atoms with Crippen LogP contribution in [0, 0.1) is 0 Å². The van der Waals surface area contributed by atoms with Gasteiger partial charge in [-0.25, -0.2) is 0 Å². The molecule has 1 N–H and O–H groups in total. The van der Waals surface area contributed by atoms with Crippen molar-refractivity contribution in [3.05, 3.63) is 0 Å². The van der Waals surface area contributed by atoms with E-state index in [0.29, 0.717) is 0 Å². The van der Waals surface area contributed by atoms with Crippen LogP contribution in [0.15, 0.2) is 0 Å². The molecule has 0 heterocycles. The first-order valence-corrected chi connectivity index (χ1v) is 9.36. The van der Waals surface area contributed by atoms with E-state index < -0.39 is 73.9 Å². The van der Waals surface area contributed by atoms with E-state index in [1.165, 1.54) is 0 Å². The smallest absolute Gasteiger partial charge is 0.394 e. The van der Waals surface area contributed by atoms with Gasteiger partial charge in [0.2, 0.25) is 0 Å². The third kappa shape index (κ3) is 6.63. The number of hydrogen-bond acceptors (Lipinski definition) is 4. The van der Waals surface area contributed by atoms with Crippen molar-refractivity contribution in [1.29, 1.82) is 0 Å². The van der Waals surface area contributed by atoms with Gasteiger partial charge >= 0.3 is 47.6 Å². The molecular weight excluding hydrogens is 579 g/mol. The van der Waals surface area contributed by atoms with Crippen molar-refractivity contribution in [2.45, 2.75) is 54.1 Å². The summed E-state index contributed by atoms with van der Waals surface area (Å²) in [5.74, 6) is -56.4. The van der Waals surface area contributed by atoms with Crippen molar-refractivity contribution in [1.82, 2.24) is 0 Å². The number of rotatable bonds is 17. The van der Waals surface area contributed by atoms with Crippen molar-refractivity contribution in [3.63, 3.8) is 0 Å². The minimum Gasteiger partial charge on any atom is -0.394 e. The summed E-state index contributed by atoms with van der Waals surface area (Å²) in [4.78, 5) is 0. The maximum Gasteiger partial charge on any atom is 0.460 e. The molecule has 0 bridgehead atoms. The molecule has 0 spiro atoms. The molecule has 0 fully saturated rings. The predicted octanol–water partition coefficient (Wildman–Crippen LogP) is 5.43. The summed E-state index contributed by atoms with van der Waals surface area (Å²) >= 11 is 0. The Morgan fingerprint density at radius 1 is 0.378 bits per heavy atom. The maximum atomic E-state index is 13.6. The fraction of sp³-hybridized carbons (Fsp3) is 1.00. The Kier molecular flexibility index (Phi) is 11.4. The molecule has 0 saturated heterocycles. The van der Waals surface area contributed by atoms with Crippen molar-refractivity contribution in [2.75, 3.05) is 46.2 Å². The molecule has 224 valence electrons. The quantitative estimate of drug-likeness (QED) is 0.180. The van der Waals surface area contributed by atoms with Gasteiger partial charge < -0.3 is 19.3 Å². The summed E-state index contributed by atoms with van der Waals surface area (Å²) in [6.45, 7) is -3.59. The van der Waals surface area contributed by atoms with Crippen LogP contribution in [-0.2, 0) is 14.2 Å². The second-order valence-electron chi connectivity index (χ2n) is 6.96. The van der Waals surface area contributed by atoms with E-state index in [9.17, 15) is 74.6 Å². The van der Waals surface area contributed by atoms with Gasteiger partial charge in [-0.2, -0.15) is 74.6 Å². The molecular formula is C16H17F17O4. The van der Waals surface area contributed by atoms with Crippen molar-refractivity contribution in [2.24, 2.45) is 0 Å². The van der Waals surface area contributed by atoms with Gasteiger partial charge in [-0.1, -0.05) is 0 Å². The zero-order valence-electron chi connectivity index (χ0n) is 17.8. The van der Waals surface area contributed by atoms with Crippen molar-refractivity contribution < 1.29 is 94.0 Å². The number of ether oxygens (including phenoxy) is 3. The molecule has 0 aliphatic rings. The summed E-state index contributed by atoms with van der Waals surface area (Å²) in [6.07, 6.45) is -10.4. The fourth-order valence-electron chi connectivity index (χ4n) is 2.16. The highest BCUT2D eigenvalue weighted by Crippen LogP contribution is 2.64. The molecule has 4 nitrogen and oxygen atoms in total. The van der Waals surface area contributed by atoms with E-state index in [-0.39, 0.29) is 26.4 Å². The first kappa shape index (κ1) is 35.6. The Hall–Kier alpha value is -1.35. The first-order valence-electron chi connectivity index (χ1n) is 9.36. The minimum atomic E-state index is -8.64. The lowest BCUT2D eigenvalue weighted by atomic mass is 9.88. The van der Waals surface area contributed by atoms with Gasteiger partial charge in [-0.05, 0) is 0 Å². The Bertz CT molecular complexity index is 708. The average molecular weight is 596 g/mol. The zero-order valence-corrected chi connectivity index (χ0v) is 17.8. The molecule has 0 aromatic heterocycles. The van der Waals surface area contributed by atoms with Gasteiger partial charge in [0.1, 0.15) is 0 Å². The molecule has 0 unspecified atom stereocenters. The van der Waals surface area contributed by atoms with E-state index in [1.54, 1.807) is 0 Å². The second kappa shape index (κ2) is 11.8. The monoisotopic (exact) mass is 596 g/mol. The topological polar surface area (TPSA) is 47.9 Å². The number of hydrogen-bond donors (Lipinski definition) is 1. The molecule has 0 rings (SSSR count). The number of aliphatic hydroxyl groups is 1. The predicted molar refractivity (Wildman–Crippen MR) is 84.8 cm³/mol. The summed E-state index contributed by atoms with van der Waals surface area (Å²) in [5, 5.41) is 8.39. The summed E-state index contributed by atoms with van der Waals surface area (Å²) in [7, 11) is 0. The molecule has 21 heteroatoms. The number of halogens is 17. The SMILES string of the molecule is OCCOCCOCCOCCC(F)(F)C(F)(F)C(F)(F)C(F)(F)C(F)(F)C(F)(F)C(F)(F)C(F)(F)F. The van der Waals surface area contributed by atoms with Crippen molar-refractivity contribution in [3.8, 4) is 0 Å². The summed E-state index contributed by atoms with van der Waals surface area (Å²) in [5.41, 5.74) is 0. The van der Waals surface area contributed by atoms with E-state index in [0.717, 1.165) is 0 Å². The number of aliphatic hydroxyl groups excluding tert-OH is 1. The average Bonchev–Trinajstić information content (AvgIpc) is 2.73. The molecule has 0 atom stereocenters. The third-order valence-electron chi connectivity index (χ3n) is 4.33. The van der Waals surface area contributed by atoms with Gasteiger partial charge in [0, 0.05) is 6.42 Å². The van der Waals surface area contributed by atoms with Crippen LogP contribution in [0.25, 0.3) is 0 Å². The molecule has 0 aromatic rings. The van der Waals surface area contributed by atoms with Gasteiger partial charge in [0.25, 0.3) is 0 Å². The summed E-state index contributed by atoms with van der Waals surface area (Å²) < 4.78 is 237. The van der Waals surface area contributed by atoms with E-state index >= 15 is 0 Å². The lowest BCUT2D eigenvalue weighted by Gasteiger charge is -2.42. The van der Waals surface area contributed by atoms with Crippen LogP contribution in [-0.4, -0.2) is 99.0 Å². The highest BCUT2D eigenvalue weighted by Gasteiger charge is 2.95. The molecule has 0 aliphatic heterocycles. The van der Waals surface area contributed by atoms with Crippen LogP contribution in [0.4, 0.5) is 74.6 Å². The highest BCUT2D eigenvalue weighted by atomic mass is 19.4. The van der Waals surface area contributed by atoms with Crippen LogP contribution in [0.2, 0.25) is 0 Å². The lowest BCUT2D eigenvalue weighted by molar-refractivity contribution is -0.462. The van der Waals surface area contributed by atoms with Crippen LogP contribution < -0.4 is 0 Å². The van der Waals surface area contributed by atoms with Crippen LogP contribution in [0.5, 0.6) is 0 Å². The van der Waals surface area contributed by atoms with Crippen LogP contribution in [0.3, 0.4) is 0 Å². The number of alkyl halides is 17. The molecule has 0 saturated carbocycles. The zero-order chi connectivity index (χ0) is 29.8. The Morgan fingerprint density at radius 3 is 1.03 bits per heavy atom. The molecule has 0 aliphatic carbocycles. The van der Waals surface area contributed by atoms with E-state index in [2.05, 4.69) is 4.74 Å². The lowest BCUT2D eigenvalue weighted by Crippen LogP contribution is -2.74. The standard InChI is InChI=1S/C16H17F17O4/c17-9(18,1-3-35-5-7-37-8-6-36-4-2-34)10(19,20)11(21,22)12(23,24)13(25,26)14(27,28)15(29,30)16(31,32)33/h34H,1-8H2. The van der Waals surface area contributed by atoms with Gasteiger partial charge in [0.05, 0.1) is 46.2 Å². The Balaban J connectivity index is 5.58. The third-order valence-corrected chi connectivity index (χ3v) is 4.33. The van der Waals surface area contributed by atoms with Gasteiger partial charge in [0.15, 0.2) is 0 Å². The van der Waals surface area contributed by atoms with Gasteiger partial charge in [-0.15, -0.1) is 0 Å². The van der Waals surface area contributed by atoms with E-state index in [1.807, 2.05) is 0 Å². The van der Waals surface area contributed by atoms with Crippen LogP contribution in [0.1, 0.15) is 6.42 Å². The largest absolute Gasteiger partial charge is 0.460 e. The Morgan fingerprint density at radius 2 is 0.676 bits per heavy atom. The normalized spacial score (nSPS) is 15.4. The van der Waals surface area contributed by atoms with E-state index in [4.69, 9.17) is 14.6 Å². The van der Waals surface area contributed by atoms with Crippen molar-refractivity contribution >= 4 is 0 Å². The minimum absolute atomic E-state index is 0.0822.